The van der Waals surface area contributed by atoms with Gasteiger partial charge >= 0.3 is 0 Å². The molecule has 3 nitrogen and oxygen atoms in total. The van der Waals surface area contributed by atoms with Crippen molar-refractivity contribution in [2.75, 3.05) is 18.5 Å². The highest BCUT2D eigenvalue weighted by Crippen LogP contribution is 2.27. The van der Waals surface area contributed by atoms with Crippen molar-refractivity contribution in [3.8, 4) is 0 Å². The Labute approximate surface area is 113 Å². The van der Waals surface area contributed by atoms with Crippen LogP contribution in [0, 0.1) is 0 Å². The van der Waals surface area contributed by atoms with Gasteiger partial charge in [-0.3, -0.25) is 0 Å². The predicted octanol–water partition coefficient (Wildman–Crippen LogP) is 2.56. The minimum absolute atomic E-state index is 0.223. The summed E-state index contributed by atoms with van der Waals surface area (Å²) in [7, 11) is 0. The number of aliphatic hydroxyl groups is 2. The van der Waals surface area contributed by atoms with Crippen molar-refractivity contribution < 1.29 is 10.2 Å². The number of aryl methyl sites for hydroxylation is 1. The van der Waals surface area contributed by atoms with Crippen molar-refractivity contribution >= 4 is 16.5 Å². The molecule has 3 N–H and O–H groups in total. The summed E-state index contributed by atoms with van der Waals surface area (Å²) in [6, 6.07) is 12.5. The van der Waals surface area contributed by atoms with Gasteiger partial charge in [-0.15, -0.1) is 0 Å². The Bertz CT molecular complexity index is 539. The first-order valence-electron chi connectivity index (χ1n) is 6.79. The number of hydrogen-bond acceptors (Lipinski definition) is 3. The summed E-state index contributed by atoms with van der Waals surface area (Å²) in [5.74, 6) is 0. The maximum Gasteiger partial charge on any atom is 0.0942 e. The first-order valence-corrected chi connectivity index (χ1v) is 6.79. The van der Waals surface area contributed by atoms with Gasteiger partial charge in [0, 0.05) is 17.6 Å². The third-order valence-electron chi connectivity index (χ3n) is 3.27. The van der Waals surface area contributed by atoms with Crippen LogP contribution >= 0.6 is 0 Å². The van der Waals surface area contributed by atoms with E-state index in [-0.39, 0.29) is 6.61 Å². The molecule has 0 amide bonds. The van der Waals surface area contributed by atoms with E-state index < -0.39 is 6.10 Å². The fourth-order valence-corrected chi connectivity index (χ4v) is 2.30. The van der Waals surface area contributed by atoms with E-state index >= 15 is 0 Å². The Morgan fingerprint density at radius 2 is 1.84 bits per heavy atom. The van der Waals surface area contributed by atoms with Crippen LogP contribution in [0.3, 0.4) is 0 Å². The topological polar surface area (TPSA) is 52.5 Å². The molecule has 0 spiro atoms. The van der Waals surface area contributed by atoms with Crippen molar-refractivity contribution in [1.82, 2.24) is 0 Å². The Kier molecular flexibility index (Phi) is 4.77. The van der Waals surface area contributed by atoms with E-state index in [2.05, 4.69) is 36.5 Å². The number of rotatable bonds is 6. The van der Waals surface area contributed by atoms with Crippen molar-refractivity contribution in [2.24, 2.45) is 0 Å². The molecule has 0 fully saturated rings. The number of fused-ring (bicyclic) bond motifs is 1. The first kappa shape index (κ1) is 13.8. The summed E-state index contributed by atoms with van der Waals surface area (Å²) in [6.45, 7) is 2.31. The second-order valence-corrected chi connectivity index (χ2v) is 4.79. The monoisotopic (exact) mass is 259 g/mol. The number of nitrogens with one attached hydrogen (secondary N) is 1. The normalized spacial score (nSPS) is 12.6. The van der Waals surface area contributed by atoms with Crippen LogP contribution in [0.15, 0.2) is 36.4 Å². The molecular weight excluding hydrogens is 238 g/mol. The summed E-state index contributed by atoms with van der Waals surface area (Å²) in [5, 5.41) is 23.9. The van der Waals surface area contributed by atoms with Gasteiger partial charge in [-0.2, -0.15) is 0 Å². The van der Waals surface area contributed by atoms with Gasteiger partial charge in [0.1, 0.15) is 0 Å². The smallest absolute Gasteiger partial charge is 0.0942 e. The van der Waals surface area contributed by atoms with Crippen LogP contribution in [0.4, 0.5) is 5.69 Å². The second-order valence-electron chi connectivity index (χ2n) is 4.79. The lowest BCUT2D eigenvalue weighted by atomic mass is 9.99. The molecule has 0 saturated heterocycles. The molecule has 19 heavy (non-hydrogen) atoms. The Morgan fingerprint density at radius 1 is 1.11 bits per heavy atom. The molecule has 2 aromatic rings. The summed E-state index contributed by atoms with van der Waals surface area (Å²) in [6.07, 6.45) is 1.47. The Balaban J connectivity index is 2.32. The van der Waals surface area contributed by atoms with E-state index in [0.29, 0.717) is 6.54 Å². The first-order chi connectivity index (χ1) is 9.26. The molecule has 0 aromatic heterocycles. The number of anilines is 1. The molecule has 0 aliphatic carbocycles. The van der Waals surface area contributed by atoms with Gasteiger partial charge < -0.3 is 15.5 Å². The average Bonchev–Trinajstić information content (AvgIpc) is 2.46. The maximum atomic E-state index is 9.42. The van der Waals surface area contributed by atoms with E-state index in [1.807, 2.05) is 12.1 Å². The van der Waals surface area contributed by atoms with Crippen molar-refractivity contribution in [1.29, 1.82) is 0 Å². The Morgan fingerprint density at radius 3 is 2.53 bits per heavy atom. The minimum Gasteiger partial charge on any atom is -0.394 e. The van der Waals surface area contributed by atoms with Gasteiger partial charge in [0.2, 0.25) is 0 Å². The number of benzene rings is 2. The van der Waals surface area contributed by atoms with Crippen molar-refractivity contribution in [2.45, 2.75) is 25.9 Å². The van der Waals surface area contributed by atoms with E-state index in [4.69, 9.17) is 5.11 Å². The fraction of sp³-hybridized carbons (Fsp3) is 0.375. The molecule has 102 valence electrons. The van der Waals surface area contributed by atoms with Crippen molar-refractivity contribution in [3.63, 3.8) is 0 Å². The second kappa shape index (κ2) is 6.55. The largest absolute Gasteiger partial charge is 0.394 e. The summed E-state index contributed by atoms with van der Waals surface area (Å²) in [4.78, 5) is 0. The molecule has 1 unspecified atom stereocenters. The molecule has 1 atom stereocenters. The van der Waals surface area contributed by atoms with Crippen LogP contribution < -0.4 is 5.32 Å². The van der Waals surface area contributed by atoms with Crippen LogP contribution in [0.2, 0.25) is 0 Å². The lowest BCUT2D eigenvalue weighted by Gasteiger charge is -2.14. The van der Waals surface area contributed by atoms with Gasteiger partial charge in [0.15, 0.2) is 0 Å². The molecule has 0 heterocycles. The molecule has 0 saturated carbocycles. The molecule has 2 rings (SSSR count). The van der Waals surface area contributed by atoms with Gasteiger partial charge in [0.05, 0.1) is 12.7 Å². The standard InChI is InChI=1S/C16H21NO2/c1-2-5-12-8-9-16(17-10-13(19)11-18)15-7-4-3-6-14(12)15/h3-4,6-9,13,17-19H,2,5,10-11H2,1H3. The molecule has 0 bridgehead atoms. The number of hydrogen-bond donors (Lipinski definition) is 3. The van der Waals surface area contributed by atoms with Crippen molar-refractivity contribution in [3.05, 3.63) is 42.0 Å². The lowest BCUT2D eigenvalue weighted by molar-refractivity contribution is 0.105. The molecule has 2 aromatic carbocycles. The zero-order valence-electron chi connectivity index (χ0n) is 11.3. The van der Waals surface area contributed by atoms with E-state index in [9.17, 15) is 5.11 Å². The molecule has 3 heteroatoms. The highest BCUT2D eigenvalue weighted by atomic mass is 16.3. The fourth-order valence-electron chi connectivity index (χ4n) is 2.30. The van der Waals surface area contributed by atoms with Crippen LogP contribution in [0.5, 0.6) is 0 Å². The molecular formula is C16H21NO2. The number of aliphatic hydroxyl groups excluding tert-OH is 2. The zero-order valence-corrected chi connectivity index (χ0v) is 11.3. The summed E-state index contributed by atoms with van der Waals surface area (Å²) in [5.41, 5.74) is 2.36. The van der Waals surface area contributed by atoms with E-state index in [0.717, 1.165) is 18.5 Å². The highest BCUT2D eigenvalue weighted by molar-refractivity contribution is 5.96. The summed E-state index contributed by atoms with van der Waals surface area (Å²) >= 11 is 0. The molecule has 0 radical (unpaired) electrons. The lowest BCUT2D eigenvalue weighted by Crippen LogP contribution is -2.23. The molecule has 0 aliphatic heterocycles. The van der Waals surface area contributed by atoms with Crippen LogP contribution in [0.25, 0.3) is 10.8 Å². The zero-order chi connectivity index (χ0) is 13.7. The summed E-state index contributed by atoms with van der Waals surface area (Å²) < 4.78 is 0. The Hall–Kier alpha value is -1.58. The van der Waals surface area contributed by atoms with Crippen LogP contribution in [-0.4, -0.2) is 29.5 Å². The highest BCUT2D eigenvalue weighted by Gasteiger charge is 2.07. The van der Waals surface area contributed by atoms with E-state index in [1.54, 1.807) is 0 Å². The maximum absolute atomic E-state index is 9.42. The van der Waals surface area contributed by atoms with E-state index in [1.165, 1.54) is 16.3 Å². The van der Waals surface area contributed by atoms with Gasteiger partial charge in [0.25, 0.3) is 0 Å². The van der Waals surface area contributed by atoms with Crippen LogP contribution in [-0.2, 0) is 6.42 Å². The predicted molar refractivity (Wildman–Crippen MR) is 79.5 cm³/mol. The average molecular weight is 259 g/mol. The third kappa shape index (κ3) is 3.25. The molecule has 0 aliphatic rings. The SMILES string of the molecule is CCCc1ccc(NCC(O)CO)c2ccccc12. The minimum atomic E-state index is -0.728. The van der Waals surface area contributed by atoms with Gasteiger partial charge in [-0.05, 0) is 23.4 Å². The quantitative estimate of drug-likeness (QED) is 0.747. The third-order valence-corrected chi connectivity index (χ3v) is 3.27. The van der Waals surface area contributed by atoms with Gasteiger partial charge in [-0.25, -0.2) is 0 Å². The van der Waals surface area contributed by atoms with Gasteiger partial charge in [-0.1, -0.05) is 43.7 Å². The van der Waals surface area contributed by atoms with Crippen LogP contribution in [0.1, 0.15) is 18.9 Å².